The summed E-state index contributed by atoms with van der Waals surface area (Å²) < 4.78 is 77.2. The minimum absolute atomic E-state index is 0.123. The SMILES string of the molecule is COc1cccc2c1C[C@@H](NC(=O)C(F)(F)F)[C@H](S(=O)(=O)Nc1ccc(Cl)cc1)O2. The lowest BCUT2D eigenvalue weighted by molar-refractivity contribution is -0.174. The maximum absolute atomic E-state index is 12.9. The Bertz CT molecular complexity index is 1040. The van der Waals surface area contributed by atoms with Crippen LogP contribution in [0, 0.1) is 0 Å². The molecule has 2 atom stereocenters. The van der Waals surface area contributed by atoms with Crippen LogP contribution in [0.5, 0.6) is 11.5 Å². The fourth-order valence-electron chi connectivity index (χ4n) is 2.96. The molecule has 1 aliphatic rings. The van der Waals surface area contributed by atoms with Gasteiger partial charge >= 0.3 is 12.1 Å². The molecule has 30 heavy (non-hydrogen) atoms. The van der Waals surface area contributed by atoms with Crippen molar-refractivity contribution in [3.63, 3.8) is 0 Å². The highest BCUT2D eigenvalue weighted by Crippen LogP contribution is 2.36. The number of nitrogens with one attached hydrogen (secondary N) is 2. The first-order valence-electron chi connectivity index (χ1n) is 8.48. The van der Waals surface area contributed by atoms with Gasteiger partial charge in [-0.1, -0.05) is 17.7 Å². The van der Waals surface area contributed by atoms with Gasteiger partial charge in [0.2, 0.25) is 5.44 Å². The van der Waals surface area contributed by atoms with Crippen LogP contribution >= 0.6 is 11.6 Å². The van der Waals surface area contributed by atoms with E-state index in [-0.39, 0.29) is 17.9 Å². The maximum atomic E-state index is 12.9. The highest BCUT2D eigenvalue weighted by Gasteiger charge is 2.46. The van der Waals surface area contributed by atoms with Crippen molar-refractivity contribution in [1.82, 2.24) is 5.32 Å². The molecule has 0 radical (unpaired) electrons. The van der Waals surface area contributed by atoms with Crippen molar-refractivity contribution in [3.8, 4) is 11.5 Å². The van der Waals surface area contributed by atoms with Crippen LogP contribution in [0.1, 0.15) is 5.56 Å². The highest BCUT2D eigenvalue weighted by atomic mass is 35.5. The Morgan fingerprint density at radius 2 is 1.87 bits per heavy atom. The number of sulfonamides is 1. The molecule has 12 heteroatoms. The first-order chi connectivity index (χ1) is 14.0. The number of methoxy groups -OCH3 is 1. The van der Waals surface area contributed by atoms with Crippen molar-refractivity contribution in [1.29, 1.82) is 0 Å². The molecule has 1 amide bonds. The van der Waals surface area contributed by atoms with Gasteiger partial charge in [0.05, 0.1) is 13.2 Å². The van der Waals surface area contributed by atoms with Gasteiger partial charge in [-0.05, 0) is 36.4 Å². The number of carbonyl (C=O) groups excluding carboxylic acids is 1. The lowest BCUT2D eigenvalue weighted by Crippen LogP contribution is -2.56. The van der Waals surface area contributed by atoms with Crippen LogP contribution in [0.25, 0.3) is 0 Å². The molecule has 0 aromatic heterocycles. The molecule has 3 rings (SSSR count). The monoisotopic (exact) mass is 464 g/mol. The van der Waals surface area contributed by atoms with Gasteiger partial charge in [-0.25, -0.2) is 8.42 Å². The number of fused-ring (bicyclic) bond motifs is 1. The van der Waals surface area contributed by atoms with Crippen LogP contribution < -0.4 is 19.5 Å². The first-order valence-corrected chi connectivity index (χ1v) is 10.4. The molecule has 0 bridgehead atoms. The summed E-state index contributed by atoms with van der Waals surface area (Å²) in [6.45, 7) is 0. The molecule has 2 aromatic carbocycles. The van der Waals surface area contributed by atoms with Gasteiger partial charge < -0.3 is 14.8 Å². The fourth-order valence-corrected chi connectivity index (χ4v) is 4.49. The van der Waals surface area contributed by atoms with Crippen molar-refractivity contribution in [2.45, 2.75) is 24.1 Å². The van der Waals surface area contributed by atoms with Gasteiger partial charge in [-0.3, -0.25) is 9.52 Å². The van der Waals surface area contributed by atoms with Gasteiger partial charge in [0.1, 0.15) is 11.5 Å². The van der Waals surface area contributed by atoms with E-state index in [9.17, 15) is 26.4 Å². The van der Waals surface area contributed by atoms with Crippen LogP contribution in [0.4, 0.5) is 18.9 Å². The number of benzene rings is 2. The van der Waals surface area contributed by atoms with E-state index >= 15 is 0 Å². The molecule has 0 saturated carbocycles. The molecule has 162 valence electrons. The molecule has 0 aliphatic carbocycles. The second-order valence-corrected chi connectivity index (χ2v) is 8.55. The van der Waals surface area contributed by atoms with Gasteiger partial charge in [0.25, 0.3) is 10.0 Å². The van der Waals surface area contributed by atoms with Gasteiger partial charge in [-0.15, -0.1) is 0 Å². The average molecular weight is 465 g/mol. The summed E-state index contributed by atoms with van der Waals surface area (Å²) >= 11 is 5.77. The summed E-state index contributed by atoms with van der Waals surface area (Å²) in [6, 6.07) is 8.65. The maximum Gasteiger partial charge on any atom is 0.471 e. The number of rotatable bonds is 5. The minimum Gasteiger partial charge on any atom is -0.496 e. The molecule has 2 aromatic rings. The van der Waals surface area contributed by atoms with Crippen LogP contribution in [0.15, 0.2) is 42.5 Å². The molecular weight excluding hydrogens is 449 g/mol. The standard InChI is InChI=1S/C18H16ClF3N2O5S/c1-28-14-3-2-4-15-12(14)9-13(23-17(25)18(20,21)22)16(29-15)30(26,27)24-11-7-5-10(19)6-8-11/h2-8,13,16,24H,9H2,1H3,(H,23,25)/t13-,16+/m1/s1. The van der Waals surface area contributed by atoms with Crippen LogP contribution in [0.3, 0.4) is 0 Å². The van der Waals surface area contributed by atoms with Crippen LogP contribution in [0.2, 0.25) is 5.02 Å². The molecule has 0 fully saturated rings. The van der Waals surface area contributed by atoms with E-state index in [2.05, 4.69) is 4.72 Å². The van der Waals surface area contributed by atoms with Crippen LogP contribution in [-0.4, -0.2) is 39.1 Å². The molecule has 7 nitrogen and oxygen atoms in total. The Labute approximate surface area is 175 Å². The number of hydrogen-bond donors (Lipinski definition) is 2. The highest BCUT2D eigenvalue weighted by molar-refractivity contribution is 7.93. The van der Waals surface area contributed by atoms with Crippen molar-refractivity contribution in [2.75, 3.05) is 11.8 Å². The summed E-state index contributed by atoms with van der Waals surface area (Å²) in [5.74, 6) is -1.86. The second-order valence-electron chi connectivity index (χ2n) is 6.36. The normalized spacial score (nSPS) is 18.7. The number of hydrogen-bond acceptors (Lipinski definition) is 5. The van der Waals surface area contributed by atoms with Crippen molar-refractivity contribution in [3.05, 3.63) is 53.1 Å². The van der Waals surface area contributed by atoms with E-state index in [0.717, 1.165) is 0 Å². The van der Waals surface area contributed by atoms with Crippen LogP contribution in [-0.2, 0) is 21.2 Å². The second kappa shape index (κ2) is 8.23. The van der Waals surface area contributed by atoms with E-state index in [0.29, 0.717) is 16.3 Å². The van der Waals surface area contributed by atoms with Crippen molar-refractivity contribution < 1.29 is 35.9 Å². The van der Waals surface area contributed by atoms with Gasteiger partial charge in [-0.2, -0.15) is 13.2 Å². The topological polar surface area (TPSA) is 93.7 Å². The molecule has 2 N–H and O–H groups in total. The zero-order chi connectivity index (χ0) is 22.1. The first kappa shape index (κ1) is 22.0. The molecular formula is C18H16ClF3N2O5S. The number of carbonyl (C=O) groups is 1. The molecule has 0 spiro atoms. The Kier molecular flexibility index (Phi) is 6.04. The predicted octanol–water partition coefficient (Wildman–Crippen LogP) is 3.10. The Hall–Kier alpha value is -2.66. The number of halogens is 4. The Balaban J connectivity index is 1.97. The fraction of sp³-hybridized carbons (Fsp3) is 0.278. The smallest absolute Gasteiger partial charge is 0.471 e. The summed E-state index contributed by atoms with van der Waals surface area (Å²) in [5, 5.41) is 2.08. The number of alkyl halides is 3. The van der Waals surface area contributed by atoms with E-state index in [1.54, 1.807) is 17.4 Å². The summed E-state index contributed by atoms with van der Waals surface area (Å²) in [4.78, 5) is 11.5. The number of anilines is 1. The quantitative estimate of drug-likeness (QED) is 0.709. The van der Waals surface area contributed by atoms with Crippen molar-refractivity contribution in [2.24, 2.45) is 0 Å². The Morgan fingerprint density at radius 3 is 2.47 bits per heavy atom. The number of ether oxygens (including phenoxy) is 2. The zero-order valence-electron chi connectivity index (χ0n) is 15.4. The third kappa shape index (κ3) is 4.73. The molecule has 0 unspecified atom stereocenters. The minimum atomic E-state index is -5.20. The lowest BCUT2D eigenvalue weighted by atomic mass is 10.0. The third-order valence-electron chi connectivity index (χ3n) is 4.29. The molecule has 0 saturated heterocycles. The Morgan fingerprint density at radius 1 is 1.20 bits per heavy atom. The van der Waals surface area contributed by atoms with E-state index < -0.39 is 33.6 Å². The van der Waals surface area contributed by atoms with E-state index in [4.69, 9.17) is 21.1 Å². The van der Waals surface area contributed by atoms with Crippen molar-refractivity contribution >= 4 is 33.2 Å². The summed E-state index contributed by atoms with van der Waals surface area (Å²) in [7, 11) is -3.04. The summed E-state index contributed by atoms with van der Waals surface area (Å²) in [6.07, 6.45) is -5.45. The third-order valence-corrected chi connectivity index (χ3v) is 6.10. The zero-order valence-corrected chi connectivity index (χ0v) is 16.9. The average Bonchev–Trinajstić information content (AvgIpc) is 2.67. The largest absolute Gasteiger partial charge is 0.496 e. The van der Waals surface area contributed by atoms with E-state index in [1.165, 1.54) is 37.4 Å². The van der Waals surface area contributed by atoms with E-state index in [1.807, 2.05) is 0 Å². The lowest BCUT2D eigenvalue weighted by Gasteiger charge is -2.34. The number of amides is 1. The predicted molar refractivity (Wildman–Crippen MR) is 103 cm³/mol. The van der Waals surface area contributed by atoms with Gasteiger partial charge in [0, 0.05) is 22.7 Å². The molecule has 1 heterocycles. The molecule has 1 aliphatic heterocycles. The van der Waals surface area contributed by atoms with Gasteiger partial charge in [0.15, 0.2) is 0 Å². The summed E-state index contributed by atoms with van der Waals surface area (Å²) in [5.41, 5.74) is -1.37.